The molecule has 5 rings (SSSR count). The van der Waals surface area contributed by atoms with Crippen LogP contribution in [0.3, 0.4) is 0 Å². The van der Waals surface area contributed by atoms with E-state index in [1.54, 1.807) is 118 Å². The first-order valence-corrected chi connectivity index (χ1v) is 15.8. The Kier molecular flexibility index (Phi) is 18.7. The SMILES string of the molecule is C1CCOC1.CC(C)(C)OC(=O)Nc1cccc(Oc2ccc(B(O)O)cc2)c1.N=NN=NCl.Nc1cccc(Oc2ccc(B(O)O)cc2)c1. The fourth-order valence-corrected chi connectivity index (χ4v) is 3.89. The molecule has 8 N–H and O–H groups in total. The smallest absolute Gasteiger partial charge is 0.457 e. The summed E-state index contributed by atoms with van der Waals surface area (Å²) < 4.78 is 24.0. The van der Waals surface area contributed by atoms with Crippen molar-refractivity contribution in [1.82, 2.24) is 0 Å². The van der Waals surface area contributed by atoms with Gasteiger partial charge >= 0.3 is 20.3 Å². The van der Waals surface area contributed by atoms with E-state index in [4.69, 9.17) is 50.3 Å². The number of nitrogen functional groups attached to an aromatic ring is 1. The highest BCUT2D eigenvalue weighted by atomic mass is 35.5. The summed E-state index contributed by atoms with van der Waals surface area (Å²) in [4.78, 5) is 11.8. The zero-order valence-electron chi connectivity index (χ0n) is 28.3. The number of nitrogens with one attached hydrogen (secondary N) is 2. The van der Waals surface area contributed by atoms with Gasteiger partial charge in [0.05, 0.1) is 11.8 Å². The van der Waals surface area contributed by atoms with Crippen LogP contribution in [0.4, 0.5) is 16.2 Å². The molecule has 1 aliphatic rings. The average Bonchev–Trinajstić information content (AvgIpc) is 3.66. The lowest BCUT2D eigenvalue weighted by Gasteiger charge is -2.19. The second-order valence-corrected chi connectivity index (χ2v) is 11.6. The summed E-state index contributed by atoms with van der Waals surface area (Å²) in [6.07, 6.45) is 2.01. The normalized spacial score (nSPS) is 11.7. The number of rotatable bonds is 8. The third kappa shape index (κ3) is 18.5. The Balaban J connectivity index is 0.000000286. The lowest BCUT2D eigenvalue weighted by molar-refractivity contribution is 0.0636. The number of hydrogen-bond acceptors (Lipinski definition) is 12. The molecule has 270 valence electrons. The molecule has 1 heterocycles. The second-order valence-electron chi connectivity index (χ2n) is 11.4. The Morgan fingerprint density at radius 2 is 1.29 bits per heavy atom. The number of amides is 1. The Bertz CT molecular complexity index is 1630. The molecule has 4 aromatic rings. The van der Waals surface area contributed by atoms with Gasteiger partial charge in [0.25, 0.3) is 0 Å². The molecular weight excluding hydrogens is 681 g/mol. The second kappa shape index (κ2) is 22.6. The van der Waals surface area contributed by atoms with Crippen molar-refractivity contribution in [3.05, 3.63) is 97.1 Å². The molecule has 0 aromatic heterocycles. The molecule has 1 amide bonds. The Morgan fingerprint density at radius 3 is 1.67 bits per heavy atom. The molecule has 0 saturated carbocycles. The van der Waals surface area contributed by atoms with Crippen LogP contribution in [0.15, 0.2) is 112 Å². The first kappa shape index (κ1) is 42.1. The van der Waals surface area contributed by atoms with Crippen LogP contribution in [0.1, 0.15) is 33.6 Å². The largest absolute Gasteiger partial charge is 0.488 e. The standard InChI is InChI=1S/C17H20BNO5.C12H12BNO3.C4H8O.ClHN4/c1-17(2,3)24-16(20)19-13-5-4-6-15(11-13)23-14-9-7-12(8-10-14)18(21)22;14-10-2-1-3-12(8-10)17-11-6-4-9(5-7-11)13(15)16;1-2-4-5-3-1;1-3-5-4-2/h4-11,21-22H,1-3H3,(H,19,20);1-8,15-16H,14H2;1-4H2;2H. The number of anilines is 2. The molecule has 1 fully saturated rings. The van der Waals surface area contributed by atoms with Crippen LogP contribution in [0, 0.1) is 5.53 Å². The van der Waals surface area contributed by atoms with Crippen LogP contribution < -0.4 is 31.4 Å². The zero-order valence-corrected chi connectivity index (χ0v) is 29.1. The summed E-state index contributed by atoms with van der Waals surface area (Å²) in [6, 6.07) is 26.9. The van der Waals surface area contributed by atoms with Gasteiger partial charge in [-0.25, -0.2) is 4.79 Å². The molecule has 0 bridgehead atoms. The number of benzene rings is 4. The Labute approximate surface area is 301 Å². The summed E-state index contributed by atoms with van der Waals surface area (Å²) in [7, 11) is -2.98. The molecule has 1 saturated heterocycles. The Hall–Kier alpha value is -5.03. The minimum Gasteiger partial charge on any atom is -0.457 e. The lowest BCUT2D eigenvalue weighted by Crippen LogP contribution is -2.29. The van der Waals surface area contributed by atoms with Crippen LogP contribution in [-0.4, -0.2) is 59.2 Å². The van der Waals surface area contributed by atoms with Crippen LogP contribution in [0.25, 0.3) is 0 Å². The summed E-state index contributed by atoms with van der Waals surface area (Å²) >= 11 is 4.55. The van der Waals surface area contributed by atoms with Gasteiger partial charge in [0.2, 0.25) is 0 Å². The molecule has 18 heteroatoms. The molecule has 15 nitrogen and oxygen atoms in total. The number of nitrogens with two attached hydrogens (primary N) is 1. The third-order valence-corrected chi connectivity index (χ3v) is 6.14. The number of hydrogen-bond donors (Lipinski definition) is 7. The quantitative estimate of drug-likeness (QED) is 0.0516. The Morgan fingerprint density at radius 1 is 0.804 bits per heavy atom. The third-order valence-electron chi connectivity index (χ3n) is 6.07. The van der Waals surface area contributed by atoms with Gasteiger partial charge in [-0.3, -0.25) is 5.32 Å². The van der Waals surface area contributed by atoms with Gasteiger partial charge in [-0.05, 0) is 104 Å². The number of carbonyl (C=O) groups excluding carboxylic acids is 1. The number of halogens is 1. The van der Waals surface area contributed by atoms with Gasteiger partial charge in [0.1, 0.15) is 28.6 Å². The maximum atomic E-state index is 11.8. The van der Waals surface area contributed by atoms with Crippen LogP contribution in [0.5, 0.6) is 23.0 Å². The average molecular weight is 723 g/mol. The van der Waals surface area contributed by atoms with E-state index in [1.807, 2.05) is 0 Å². The topological polar surface area (TPSA) is 234 Å². The number of carbonyl (C=O) groups is 1. The molecular formula is C33H41B2ClN6O9. The minimum absolute atomic E-state index is 0.377. The van der Waals surface area contributed by atoms with E-state index in [1.165, 1.54) is 12.8 Å². The highest BCUT2D eigenvalue weighted by Gasteiger charge is 2.16. The first-order valence-electron chi connectivity index (χ1n) is 15.5. The minimum atomic E-state index is -1.51. The zero-order chi connectivity index (χ0) is 37.6. The lowest BCUT2D eigenvalue weighted by atomic mass is 9.80. The monoisotopic (exact) mass is 722 g/mol. The van der Waals surface area contributed by atoms with Gasteiger partial charge in [-0.2, -0.15) is 5.53 Å². The maximum Gasteiger partial charge on any atom is 0.488 e. The number of nitrogens with zero attached hydrogens (tertiary/aromatic N) is 3. The van der Waals surface area contributed by atoms with E-state index in [0.717, 1.165) is 13.2 Å². The predicted octanol–water partition coefficient (Wildman–Crippen LogP) is 5.58. The molecule has 0 unspecified atom stereocenters. The predicted molar refractivity (Wildman–Crippen MR) is 196 cm³/mol. The maximum absolute atomic E-state index is 11.8. The van der Waals surface area contributed by atoms with Crippen molar-refractivity contribution in [2.45, 2.75) is 39.2 Å². The van der Waals surface area contributed by atoms with Gasteiger partial charge in [-0.15, -0.1) is 0 Å². The molecule has 0 atom stereocenters. The van der Waals surface area contributed by atoms with E-state index in [0.29, 0.717) is 45.3 Å². The van der Waals surface area contributed by atoms with Gasteiger partial charge in [0, 0.05) is 36.7 Å². The van der Waals surface area contributed by atoms with Gasteiger partial charge < -0.3 is 44.8 Å². The highest BCUT2D eigenvalue weighted by molar-refractivity contribution is 6.58. The molecule has 0 spiro atoms. The van der Waals surface area contributed by atoms with E-state index in [9.17, 15) is 4.79 Å². The van der Waals surface area contributed by atoms with Crippen LogP contribution in [0.2, 0.25) is 0 Å². The van der Waals surface area contributed by atoms with Gasteiger partial charge in [0.15, 0.2) is 0 Å². The summed E-state index contributed by atoms with van der Waals surface area (Å²) in [6.45, 7) is 7.37. The van der Waals surface area contributed by atoms with Gasteiger partial charge in [-0.1, -0.05) is 41.0 Å². The summed E-state index contributed by atoms with van der Waals surface area (Å²) in [5, 5.41) is 43.7. The van der Waals surface area contributed by atoms with E-state index in [-0.39, 0.29) is 0 Å². The highest BCUT2D eigenvalue weighted by Crippen LogP contribution is 2.24. The first-order chi connectivity index (χ1) is 24.3. The van der Waals surface area contributed by atoms with Crippen LogP contribution >= 0.6 is 11.8 Å². The van der Waals surface area contributed by atoms with Crippen molar-refractivity contribution >= 4 is 54.4 Å². The molecule has 1 aliphatic heterocycles. The van der Waals surface area contributed by atoms with Crippen molar-refractivity contribution in [3.63, 3.8) is 0 Å². The van der Waals surface area contributed by atoms with Crippen molar-refractivity contribution in [2.24, 2.45) is 15.1 Å². The van der Waals surface area contributed by atoms with Crippen molar-refractivity contribution in [2.75, 3.05) is 24.3 Å². The van der Waals surface area contributed by atoms with Crippen molar-refractivity contribution in [3.8, 4) is 23.0 Å². The van der Waals surface area contributed by atoms with E-state index >= 15 is 0 Å². The van der Waals surface area contributed by atoms with Crippen molar-refractivity contribution in [1.29, 1.82) is 5.53 Å². The molecule has 4 aromatic carbocycles. The van der Waals surface area contributed by atoms with E-state index in [2.05, 4.69) is 32.2 Å². The van der Waals surface area contributed by atoms with Crippen LogP contribution in [-0.2, 0) is 9.47 Å². The molecule has 0 radical (unpaired) electrons. The number of ether oxygens (including phenoxy) is 4. The van der Waals surface area contributed by atoms with Crippen molar-refractivity contribution < 1.29 is 43.8 Å². The molecule has 51 heavy (non-hydrogen) atoms. The summed E-state index contributed by atoms with van der Waals surface area (Å²) in [5.41, 5.74) is 12.9. The fourth-order valence-electron chi connectivity index (χ4n) is 3.85. The fraction of sp³-hybridized carbons (Fsp3) is 0.242. The van der Waals surface area contributed by atoms with E-state index < -0.39 is 25.9 Å². The summed E-state index contributed by atoms with van der Waals surface area (Å²) in [5.74, 6) is 2.32. The molecule has 0 aliphatic carbocycles.